The summed E-state index contributed by atoms with van der Waals surface area (Å²) in [5, 5.41) is 3.37. The third-order valence-corrected chi connectivity index (χ3v) is 4.21. The summed E-state index contributed by atoms with van der Waals surface area (Å²) in [5.41, 5.74) is 0.995. The topological polar surface area (TPSA) is 56.5 Å². The lowest BCUT2D eigenvalue weighted by atomic mass is 9.89. The van der Waals surface area contributed by atoms with Crippen molar-refractivity contribution in [2.24, 2.45) is 0 Å². The first-order chi connectivity index (χ1) is 9.17. The normalized spacial score (nSPS) is 26.1. The third-order valence-electron chi connectivity index (χ3n) is 4.21. The van der Waals surface area contributed by atoms with Crippen LogP contribution in [0.4, 0.5) is 0 Å². The second kappa shape index (κ2) is 5.23. The fourth-order valence-electron chi connectivity index (χ4n) is 2.93. The second-order valence-electron chi connectivity index (χ2n) is 5.63. The van der Waals surface area contributed by atoms with Crippen LogP contribution in [0.5, 0.6) is 0 Å². The van der Waals surface area contributed by atoms with Crippen molar-refractivity contribution in [3.05, 3.63) is 17.3 Å². The number of nitrogens with zero attached hydrogens (tertiary/aromatic N) is 1. The van der Waals surface area contributed by atoms with E-state index in [4.69, 9.17) is 13.9 Å². The molecule has 2 aliphatic rings. The maximum absolute atomic E-state index is 6.00. The van der Waals surface area contributed by atoms with E-state index in [0.29, 0.717) is 19.1 Å². The van der Waals surface area contributed by atoms with E-state index in [0.717, 1.165) is 43.8 Å². The zero-order valence-electron chi connectivity index (χ0n) is 11.7. The Morgan fingerprint density at radius 2 is 2.16 bits per heavy atom. The average molecular weight is 266 g/mol. The molecule has 5 heteroatoms. The predicted molar refractivity (Wildman–Crippen MR) is 70.0 cm³/mol. The Balaban J connectivity index is 1.51. The molecule has 19 heavy (non-hydrogen) atoms. The summed E-state index contributed by atoms with van der Waals surface area (Å²) in [7, 11) is 0. The van der Waals surface area contributed by atoms with Gasteiger partial charge in [0.15, 0.2) is 0 Å². The quantitative estimate of drug-likeness (QED) is 0.902. The van der Waals surface area contributed by atoms with Crippen LogP contribution in [0, 0.1) is 13.8 Å². The minimum Gasteiger partial charge on any atom is -0.443 e. The molecule has 1 unspecified atom stereocenters. The zero-order valence-corrected chi connectivity index (χ0v) is 11.7. The van der Waals surface area contributed by atoms with Crippen LogP contribution in [0.1, 0.15) is 36.6 Å². The summed E-state index contributed by atoms with van der Waals surface area (Å²) < 4.78 is 17.4. The Bertz CT molecular complexity index is 418. The van der Waals surface area contributed by atoms with E-state index >= 15 is 0 Å². The molecule has 2 fully saturated rings. The van der Waals surface area contributed by atoms with Crippen LogP contribution in [0.3, 0.4) is 0 Å². The predicted octanol–water partition coefficient (Wildman–Crippen LogP) is 1.72. The molecule has 1 spiro atoms. The molecule has 0 radical (unpaired) electrons. The molecule has 1 aromatic rings. The number of aromatic nitrogens is 1. The van der Waals surface area contributed by atoms with Crippen LogP contribution >= 0.6 is 0 Å². The van der Waals surface area contributed by atoms with Crippen molar-refractivity contribution in [2.45, 2.75) is 51.4 Å². The number of ether oxygens (including phenoxy) is 2. The number of aryl methyl sites for hydroxylation is 2. The number of nitrogens with one attached hydrogen (secondary N) is 1. The Hall–Kier alpha value is -0.910. The van der Waals surface area contributed by atoms with Gasteiger partial charge in [0.2, 0.25) is 5.89 Å². The average Bonchev–Trinajstić information content (AvgIpc) is 2.93. The summed E-state index contributed by atoms with van der Waals surface area (Å²) in [6.07, 6.45) is 3.34. The molecular weight excluding hydrogens is 244 g/mol. The minimum absolute atomic E-state index is 0.0539. The molecule has 0 saturated carbocycles. The number of oxazole rings is 1. The highest BCUT2D eigenvalue weighted by Crippen LogP contribution is 2.35. The van der Waals surface area contributed by atoms with Gasteiger partial charge in [-0.15, -0.1) is 0 Å². The molecule has 0 aliphatic carbocycles. The molecular formula is C14H22N2O3. The Labute approximate surface area is 113 Å². The number of piperidine rings is 1. The summed E-state index contributed by atoms with van der Waals surface area (Å²) in [6.45, 7) is 7.10. The van der Waals surface area contributed by atoms with Gasteiger partial charge in [0.25, 0.3) is 0 Å². The highest BCUT2D eigenvalue weighted by atomic mass is 16.6. The molecule has 3 heterocycles. The first-order valence-corrected chi connectivity index (χ1v) is 7.06. The van der Waals surface area contributed by atoms with Crippen LogP contribution in [0.25, 0.3) is 0 Å². The van der Waals surface area contributed by atoms with Gasteiger partial charge < -0.3 is 19.2 Å². The molecule has 1 atom stereocenters. The van der Waals surface area contributed by atoms with Gasteiger partial charge in [-0.1, -0.05) is 0 Å². The van der Waals surface area contributed by atoms with Gasteiger partial charge >= 0.3 is 0 Å². The molecule has 5 nitrogen and oxygen atoms in total. The molecule has 3 rings (SSSR count). The standard InChI is InChI=1S/C14H22N2O3/c1-10-11(2)19-13(16-10)9-17-12-7-14(18-8-12)3-5-15-6-4-14/h12,15H,3-9H2,1-2H3. The monoisotopic (exact) mass is 266 g/mol. The lowest BCUT2D eigenvalue weighted by Gasteiger charge is -2.32. The zero-order chi connectivity index (χ0) is 13.3. The van der Waals surface area contributed by atoms with E-state index in [1.165, 1.54) is 0 Å². The first-order valence-electron chi connectivity index (χ1n) is 7.06. The minimum atomic E-state index is 0.0539. The van der Waals surface area contributed by atoms with Crippen molar-refractivity contribution in [3.8, 4) is 0 Å². The van der Waals surface area contributed by atoms with Gasteiger partial charge in [-0.05, 0) is 39.8 Å². The van der Waals surface area contributed by atoms with Crippen molar-refractivity contribution in [1.29, 1.82) is 0 Å². The highest BCUT2D eigenvalue weighted by Gasteiger charge is 2.41. The Morgan fingerprint density at radius 3 is 2.84 bits per heavy atom. The van der Waals surface area contributed by atoms with Crippen molar-refractivity contribution >= 4 is 0 Å². The molecule has 2 aliphatic heterocycles. The van der Waals surface area contributed by atoms with Crippen LogP contribution in [-0.2, 0) is 16.1 Å². The van der Waals surface area contributed by atoms with Crippen LogP contribution in [0.15, 0.2) is 4.42 Å². The van der Waals surface area contributed by atoms with Gasteiger partial charge in [0, 0.05) is 6.42 Å². The highest BCUT2D eigenvalue weighted by molar-refractivity contribution is 5.04. The summed E-state index contributed by atoms with van der Waals surface area (Å²) >= 11 is 0. The molecule has 2 saturated heterocycles. The van der Waals surface area contributed by atoms with Crippen LogP contribution in [0.2, 0.25) is 0 Å². The van der Waals surface area contributed by atoms with E-state index in [9.17, 15) is 0 Å². The third kappa shape index (κ3) is 2.83. The van der Waals surface area contributed by atoms with Crippen molar-refractivity contribution < 1.29 is 13.9 Å². The number of hydrogen-bond acceptors (Lipinski definition) is 5. The fourth-order valence-corrected chi connectivity index (χ4v) is 2.93. The smallest absolute Gasteiger partial charge is 0.220 e. The molecule has 0 aromatic carbocycles. The fraction of sp³-hybridized carbons (Fsp3) is 0.786. The van der Waals surface area contributed by atoms with Gasteiger partial charge in [0.05, 0.1) is 24.0 Å². The van der Waals surface area contributed by atoms with Crippen molar-refractivity contribution in [1.82, 2.24) is 10.3 Å². The largest absolute Gasteiger partial charge is 0.443 e. The molecule has 1 aromatic heterocycles. The van der Waals surface area contributed by atoms with E-state index in [1.807, 2.05) is 13.8 Å². The van der Waals surface area contributed by atoms with Crippen molar-refractivity contribution in [3.63, 3.8) is 0 Å². The molecule has 0 bridgehead atoms. The Kier molecular flexibility index (Phi) is 3.60. The maximum atomic E-state index is 6.00. The van der Waals surface area contributed by atoms with E-state index in [1.54, 1.807) is 0 Å². The summed E-state index contributed by atoms with van der Waals surface area (Å²) in [6, 6.07) is 0. The second-order valence-corrected chi connectivity index (χ2v) is 5.63. The maximum Gasteiger partial charge on any atom is 0.220 e. The van der Waals surface area contributed by atoms with E-state index in [-0.39, 0.29) is 11.7 Å². The molecule has 1 N–H and O–H groups in total. The van der Waals surface area contributed by atoms with E-state index in [2.05, 4.69) is 10.3 Å². The summed E-state index contributed by atoms with van der Waals surface area (Å²) in [4.78, 5) is 4.33. The van der Waals surface area contributed by atoms with Gasteiger partial charge in [-0.3, -0.25) is 0 Å². The Morgan fingerprint density at radius 1 is 1.37 bits per heavy atom. The molecule has 0 amide bonds. The van der Waals surface area contributed by atoms with E-state index < -0.39 is 0 Å². The lowest BCUT2D eigenvalue weighted by Crippen LogP contribution is -2.41. The number of rotatable bonds is 3. The summed E-state index contributed by atoms with van der Waals surface area (Å²) in [5.74, 6) is 1.54. The van der Waals surface area contributed by atoms with Gasteiger partial charge in [-0.2, -0.15) is 0 Å². The van der Waals surface area contributed by atoms with Crippen molar-refractivity contribution in [2.75, 3.05) is 19.7 Å². The molecule has 106 valence electrons. The SMILES string of the molecule is Cc1nc(COC2COC3(CCNCC3)C2)oc1C. The van der Waals surface area contributed by atoms with Crippen LogP contribution < -0.4 is 5.32 Å². The first kappa shape index (κ1) is 13.1. The van der Waals surface area contributed by atoms with Crippen LogP contribution in [-0.4, -0.2) is 36.4 Å². The van der Waals surface area contributed by atoms with Gasteiger partial charge in [0.1, 0.15) is 12.4 Å². The lowest BCUT2D eigenvalue weighted by molar-refractivity contribution is -0.0249. The van der Waals surface area contributed by atoms with Gasteiger partial charge in [-0.25, -0.2) is 4.98 Å². The number of hydrogen-bond donors (Lipinski definition) is 1.